The first-order valence-electron chi connectivity index (χ1n) is 9.26. The van der Waals surface area contributed by atoms with Gasteiger partial charge < -0.3 is 15.6 Å². The molecule has 1 unspecified atom stereocenters. The summed E-state index contributed by atoms with van der Waals surface area (Å²) >= 11 is 0. The highest BCUT2D eigenvalue weighted by atomic mass is 127. The van der Waals surface area contributed by atoms with Crippen molar-refractivity contribution >= 4 is 29.9 Å². The van der Waals surface area contributed by atoms with Crippen LogP contribution in [0.1, 0.15) is 29.8 Å². The van der Waals surface area contributed by atoms with Crippen LogP contribution in [0.4, 0.5) is 0 Å². The lowest BCUT2D eigenvalue weighted by atomic mass is 10.0. The van der Waals surface area contributed by atoms with Crippen molar-refractivity contribution < 1.29 is 0 Å². The predicted octanol–water partition coefficient (Wildman–Crippen LogP) is 4.47. The number of rotatable bonds is 6. The minimum Gasteiger partial charge on any atom is -0.356 e. The summed E-state index contributed by atoms with van der Waals surface area (Å²) in [6.45, 7) is 5.72. The third-order valence-electron chi connectivity index (χ3n) is 4.58. The molecule has 0 saturated carbocycles. The lowest BCUT2D eigenvalue weighted by molar-refractivity contribution is 0.694. The number of nitrogens with one attached hydrogen (secondary N) is 3. The molecule has 0 saturated heterocycles. The number of halogens is 1. The molecular weight excluding hydrogens is 461 g/mol. The maximum absolute atomic E-state index is 4.45. The average molecular weight is 489 g/mol. The Balaban J connectivity index is 0.00000280. The van der Waals surface area contributed by atoms with Crippen LogP contribution in [0, 0.1) is 6.92 Å². The third kappa shape index (κ3) is 6.09. The summed E-state index contributed by atoms with van der Waals surface area (Å²) in [5, 5.41) is 6.70. The number of imidazole rings is 1. The molecule has 1 atom stereocenters. The normalized spacial score (nSPS) is 12.2. The molecule has 5 nitrogen and oxygen atoms in total. The van der Waals surface area contributed by atoms with E-state index in [0.29, 0.717) is 12.5 Å². The quantitative estimate of drug-likeness (QED) is 0.272. The van der Waals surface area contributed by atoms with Gasteiger partial charge in [-0.05, 0) is 24.0 Å². The Morgan fingerprint density at radius 2 is 1.79 bits per heavy atom. The van der Waals surface area contributed by atoms with E-state index in [-0.39, 0.29) is 24.0 Å². The van der Waals surface area contributed by atoms with Crippen molar-refractivity contribution in [2.24, 2.45) is 4.99 Å². The highest BCUT2D eigenvalue weighted by Crippen LogP contribution is 2.16. The van der Waals surface area contributed by atoms with Gasteiger partial charge in [-0.25, -0.2) is 4.98 Å². The standard InChI is InChI=1S/C22H27N5.HI/c1-16-9-11-18(12-10-16)17(2)13-25-22(23-3)26-15-21-24-14-20(27-21)19-7-5-4-6-8-19;/h4-12,14,17H,13,15H2,1-3H3,(H,24,27)(H2,23,25,26);1H. The summed E-state index contributed by atoms with van der Waals surface area (Å²) < 4.78 is 0. The minimum absolute atomic E-state index is 0. The second kappa shape index (κ2) is 10.8. The monoisotopic (exact) mass is 489 g/mol. The second-order valence-corrected chi connectivity index (χ2v) is 6.73. The number of hydrogen-bond acceptors (Lipinski definition) is 2. The fourth-order valence-corrected chi connectivity index (χ4v) is 2.87. The maximum atomic E-state index is 4.45. The van der Waals surface area contributed by atoms with E-state index >= 15 is 0 Å². The minimum atomic E-state index is 0. The molecule has 0 bridgehead atoms. The molecule has 148 valence electrons. The molecule has 3 N–H and O–H groups in total. The number of aliphatic imine (C=N–C) groups is 1. The Morgan fingerprint density at radius 1 is 1.07 bits per heavy atom. The van der Waals surface area contributed by atoms with Gasteiger partial charge in [-0.3, -0.25) is 4.99 Å². The van der Waals surface area contributed by atoms with Crippen molar-refractivity contribution in [3.63, 3.8) is 0 Å². The van der Waals surface area contributed by atoms with Gasteiger partial charge in [0, 0.05) is 13.6 Å². The van der Waals surface area contributed by atoms with E-state index in [2.05, 4.69) is 75.8 Å². The Morgan fingerprint density at radius 3 is 2.46 bits per heavy atom. The first-order chi connectivity index (χ1) is 13.2. The molecule has 0 aliphatic carbocycles. The van der Waals surface area contributed by atoms with Crippen molar-refractivity contribution in [1.82, 2.24) is 20.6 Å². The summed E-state index contributed by atoms with van der Waals surface area (Å²) in [5.41, 5.74) is 4.75. The number of H-pyrrole nitrogens is 1. The summed E-state index contributed by atoms with van der Waals surface area (Å²) in [6, 6.07) is 18.9. The van der Waals surface area contributed by atoms with E-state index in [1.165, 1.54) is 11.1 Å². The number of nitrogens with zero attached hydrogens (tertiary/aromatic N) is 2. The molecule has 0 aliphatic rings. The van der Waals surface area contributed by atoms with Gasteiger partial charge >= 0.3 is 0 Å². The third-order valence-corrected chi connectivity index (χ3v) is 4.58. The second-order valence-electron chi connectivity index (χ2n) is 6.73. The number of aromatic nitrogens is 2. The predicted molar refractivity (Wildman–Crippen MR) is 127 cm³/mol. The molecule has 28 heavy (non-hydrogen) atoms. The molecule has 3 aromatic rings. The SMILES string of the molecule is CN=C(NCc1ncc(-c2ccccc2)[nH]1)NCC(C)c1ccc(C)cc1.I. The Labute approximate surface area is 184 Å². The number of benzene rings is 2. The van der Waals surface area contributed by atoms with E-state index in [1.54, 1.807) is 7.05 Å². The van der Waals surface area contributed by atoms with E-state index in [0.717, 1.165) is 29.6 Å². The zero-order chi connectivity index (χ0) is 19.1. The zero-order valence-corrected chi connectivity index (χ0v) is 18.9. The number of aryl methyl sites for hydroxylation is 1. The van der Waals surface area contributed by atoms with Gasteiger partial charge in [0.15, 0.2) is 5.96 Å². The van der Waals surface area contributed by atoms with E-state index in [4.69, 9.17) is 0 Å². The van der Waals surface area contributed by atoms with Gasteiger partial charge in [0.25, 0.3) is 0 Å². The lowest BCUT2D eigenvalue weighted by Gasteiger charge is -2.16. The summed E-state index contributed by atoms with van der Waals surface area (Å²) in [7, 11) is 1.78. The highest BCUT2D eigenvalue weighted by Gasteiger charge is 2.08. The molecule has 1 heterocycles. The molecule has 0 amide bonds. The van der Waals surface area contributed by atoms with Crippen LogP contribution in [0.25, 0.3) is 11.3 Å². The first kappa shape index (κ1) is 21.9. The largest absolute Gasteiger partial charge is 0.356 e. The van der Waals surface area contributed by atoms with Gasteiger partial charge in [0.05, 0.1) is 18.4 Å². The molecular formula is C22H28IN5. The van der Waals surface area contributed by atoms with Crippen molar-refractivity contribution in [3.8, 4) is 11.3 Å². The van der Waals surface area contributed by atoms with E-state index in [9.17, 15) is 0 Å². The molecule has 1 aromatic heterocycles. The van der Waals surface area contributed by atoms with Gasteiger partial charge in [0.2, 0.25) is 0 Å². The highest BCUT2D eigenvalue weighted by molar-refractivity contribution is 14.0. The topological polar surface area (TPSA) is 65.1 Å². The molecule has 0 fully saturated rings. The Bertz CT molecular complexity index is 871. The van der Waals surface area contributed by atoms with Gasteiger partial charge in [-0.1, -0.05) is 67.1 Å². The van der Waals surface area contributed by atoms with Crippen LogP contribution in [-0.4, -0.2) is 29.5 Å². The maximum Gasteiger partial charge on any atom is 0.191 e. The van der Waals surface area contributed by atoms with E-state index in [1.807, 2.05) is 24.4 Å². The first-order valence-corrected chi connectivity index (χ1v) is 9.26. The number of guanidine groups is 1. The fourth-order valence-electron chi connectivity index (χ4n) is 2.87. The lowest BCUT2D eigenvalue weighted by Crippen LogP contribution is -2.38. The molecule has 3 rings (SSSR count). The van der Waals surface area contributed by atoms with Gasteiger partial charge in [-0.15, -0.1) is 24.0 Å². The van der Waals surface area contributed by atoms with Gasteiger partial charge in [0.1, 0.15) is 5.82 Å². The van der Waals surface area contributed by atoms with Crippen LogP contribution in [0.5, 0.6) is 0 Å². The van der Waals surface area contributed by atoms with Crippen molar-refractivity contribution in [3.05, 3.63) is 77.7 Å². The van der Waals surface area contributed by atoms with Crippen LogP contribution in [0.15, 0.2) is 65.8 Å². The van der Waals surface area contributed by atoms with Crippen molar-refractivity contribution in [2.75, 3.05) is 13.6 Å². The van der Waals surface area contributed by atoms with Crippen molar-refractivity contribution in [2.45, 2.75) is 26.3 Å². The molecule has 0 spiro atoms. The molecule has 0 aliphatic heterocycles. The average Bonchev–Trinajstić information content (AvgIpc) is 3.18. The Kier molecular flexibility index (Phi) is 8.50. The number of aromatic amines is 1. The van der Waals surface area contributed by atoms with E-state index < -0.39 is 0 Å². The smallest absolute Gasteiger partial charge is 0.191 e. The van der Waals surface area contributed by atoms with Crippen molar-refractivity contribution in [1.29, 1.82) is 0 Å². The molecule has 2 aromatic carbocycles. The van der Waals surface area contributed by atoms with Crippen LogP contribution in [0.3, 0.4) is 0 Å². The van der Waals surface area contributed by atoms with Crippen LogP contribution in [-0.2, 0) is 6.54 Å². The zero-order valence-electron chi connectivity index (χ0n) is 16.6. The summed E-state index contributed by atoms with van der Waals surface area (Å²) in [5.74, 6) is 2.05. The molecule has 0 radical (unpaired) electrons. The summed E-state index contributed by atoms with van der Waals surface area (Å²) in [6.07, 6.45) is 1.86. The fraction of sp³-hybridized carbons (Fsp3) is 0.273. The Hall–Kier alpha value is -2.35. The van der Waals surface area contributed by atoms with Gasteiger partial charge in [-0.2, -0.15) is 0 Å². The molecule has 6 heteroatoms. The van der Waals surface area contributed by atoms with Crippen LogP contribution in [0.2, 0.25) is 0 Å². The number of hydrogen-bond donors (Lipinski definition) is 3. The summed E-state index contributed by atoms with van der Waals surface area (Å²) in [4.78, 5) is 12.1. The van der Waals surface area contributed by atoms with Crippen LogP contribution < -0.4 is 10.6 Å². The van der Waals surface area contributed by atoms with Crippen LogP contribution >= 0.6 is 24.0 Å².